The molecule has 1 aromatic carbocycles. The highest BCUT2D eigenvalue weighted by molar-refractivity contribution is 7.07. The van der Waals surface area contributed by atoms with Gasteiger partial charge in [-0.3, -0.25) is 0 Å². The lowest BCUT2D eigenvalue weighted by Crippen LogP contribution is -2.17. The van der Waals surface area contributed by atoms with Crippen molar-refractivity contribution in [3.8, 4) is 5.75 Å². The second-order valence-electron chi connectivity index (χ2n) is 3.86. The smallest absolute Gasteiger partial charge is 0.123 e. The van der Waals surface area contributed by atoms with Crippen molar-refractivity contribution >= 4 is 22.9 Å². The Morgan fingerprint density at radius 3 is 3.06 bits per heavy atom. The number of nitrogens with zero attached hydrogens (tertiary/aromatic N) is 1. The molecule has 0 saturated carbocycles. The monoisotopic (exact) mass is 282 g/mol. The summed E-state index contributed by atoms with van der Waals surface area (Å²) in [6.07, 6.45) is 0.937. The number of thiazole rings is 1. The van der Waals surface area contributed by atoms with Gasteiger partial charge in [0.25, 0.3) is 0 Å². The summed E-state index contributed by atoms with van der Waals surface area (Å²) in [5.74, 6) is 0.862. The van der Waals surface area contributed by atoms with Crippen molar-refractivity contribution in [3.63, 3.8) is 0 Å². The Labute approximate surface area is 116 Å². The van der Waals surface area contributed by atoms with Crippen molar-refractivity contribution in [1.82, 2.24) is 10.3 Å². The molecule has 1 heterocycles. The first kappa shape index (κ1) is 13.3. The van der Waals surface area contributed by atoms with Gasteiger partial charge >= 0.3 is 0 Å². The van der Waals surface area contributed by atoms with E-state index < -0.39 is 0 Å². The van der Waals surface area contributed by atoms with E-state index in [1.807, 2.05) is 23.7 Å². The summed E-state index contributed by atoms with van der Waals surface area (Å²) in [7, 11) is 1.67. The predicted molar refractivity (Wildman–Crippen MR) is 75.5 cm³/mol. The Balaban J connectivity index is 1.84. The van der Waals surface area contributed by atoms with Gasteiger partial charge in [-0.05, 0) is 18.2 Å². The quantitative estimate of drug-likeness (QED) is 0.827. The van der Waals surface area contributed by atoms with E-state index in [-0.39, 0.29) is 0 Å². The first-order valence-corrected chi connectivity index (χ1v) is 7.02. The van der Waals surface area contributed by atoms with Gasteiger partial charge in [0.05, 0.1) is 18.3 Å². The molecule has 96 valence electrons. The molecule has 0 fully saturated rings. The molecule has 2 aromatic rings. The molecule has 0 radical (unpaired) electrons. The normalized spacial score (nSPS) is 10.6. The van der Waals surface area contributed by atoms with Gasteiger partial charge < -0.3 is 10.1 Å². The number of aromatic nitrogens is 1. The Morgan fingerprint density at radius 2 is 2.33 bits per heavy atom. The van der Waals surface area contributed by atoms with E-state index in [1.165, 1.54) is 0 Å². The highest BCUT2D eigenvalue weighted by Crippen LogP contribution is 2.22. The minimum absolute atomic E-state index is 0.729. The molecule has 0 atom stereocenters. The van der Waals surface area contributed by atoms with Crippen LogP contribution in [0.25, 0.3) is 0 Å². The number of hydrogen-bond donors (Lipinski definition) is 1. The second-order valence-corrected chi connectivity index (χ2v) is 5.02. The number of ether oxygens (including phenoxy) is 1. The maximum atomic E-state index is 5.98. The summed E-state index contributed by atoms with van der Waals surface area (Å²) in [5, 5.41) is 6.17. The van der Waals surface area contributed by atoms with Crippen LogP contribution in [0.3, 0.4) is 0 Å². The Hall–Kier alpha value is -1.10. The Morgan fingerprint density at radius 1 is 1.44 bits per heavy atom. The van der Waals surface area contributed by atoms with Gasteiger partial charge in [0.15, 0.2) is 0 Å². The number of hydrogen-bond acceptors (Lipinski definition) is 4. The van der Waals surface area contributed by atoms with Gasteiger partial charge in [0.1, 0.15) is 5.75 Å². The van der Waals surface area contributed by atoms with Crippen LogP contribution in [-0.2, 0) is 13.0 Å². The van der Waals surface area contributed by atoms with Crippen LogP contribution in [0.2, 0.25) is 5.02 Å². The summed E-state index contributed by atoms with van der Waals surface area (Å²) in [6, 6.07) is 5.65. The molecular formula is C13H15ClN2OS. The summed E-state index contributed by atoms with van der Waals surface area (Å²) in [4.78, 5) is 4.24. The lowest BCUT2D eigenvalue weighted by molar-refractivity contribution is 0.408. The van der Waals surface area contributed by atoms with Crippen LogP contribution in [0.15, 0.2) is 29.1 Å². The van der Waals surface area contributed by atoms with Crippen LogP contribution in [-0.4, -0.2) is 18.6 Å². The third kappa shape index (κ3) is 3.70. The third-order valence-electron chi connectivity index (χ3n) is 2.60. The summed E-state index contributed by atoms with van der Waals surface area (Å²) in [5.41, 5.74) is 4.06. The van der Waals surface area contributed by atoms with E-state index in [9.17, 15) is 0 Å². The SMILES string of the molecule is COc1ccc(Cl)cc1CNCCc1cscn1. The molecule has 0 aliphatic heterocycles. The van der Waals surface area contributed by atoms with Crippen molar-refractivity contribution < 1.29 is 4.74 Å². The molecule has 1 aromatic heterocycles. The van der Waals surface area contributed by atoms with E-state index in [0.717, 1.165) is 41.5 Å². The van der Waals surface area contributed by atoms with Crippen molar-refractivity contribution in [2.45, 2.75) is 13.0 Å². The summed E-state index contributed by atoms with van der Waals surface area (Å²) >= 11 is 7.60. The van der Waals surface area contributed by atoms with Crippen LogP contribution >= 0.6 is 22.9 Å². The molecule has 0 aliphatic carbocycles. The molecule has 0 amide bonds. The van der Waals surface area contributed by atoms with Crippen LogP contribution in [0, 0.1) is 0 Å². The zero-order valence-electron chi connectivity index (χ0n) is 10.1. The fraction of sp³-hybridized carbons (Fsp3) is 0.308. The molecule has 2 rings (SSSR count). The fourth-order valence-electron chi connectivity index (χ4n) is 1.69. The van der Waals surface area contributed by atoms with E-state index in [1.54, 1.807) is 18.4 Å². The third-order valence-corrected chi connectivity index (χ3v) is 3.47. The molecule has 3 nitrogen and oxygen atoms in total. The lowest BCUT2D eigenvalue weighted by atomic mass is 10.2. The number of nitrogens with one attached hydrogen (secondary N) is 1. The van der Waals surface area contributed by atoms with Gasteiger partial charge in [-0.2, -0.15) is 0 Å². The molecule has 0 aliphatic rings. The van der Waals surface area contributed by atoms with Crippen molar-refractivity contribution in [3.05, 3.63) is 45.4 Å². The largest absolute Gasteiger partial charge is 0.496 e. The average molecular weight is 283 g/mol. The van der Waals surface area contributed by atoms with Gasteiger partial charge in [0, 0.05) is 35.5 Å². The molecule has 0 spiro atoms. The number of rotatable bonds is 6. The van der Waals surface area contributed by atoms with Crippen LogP contribution < -0.4 is 10.1 Å². The van der Waals surface area contributed by atoms with E-state index in [2.05, 4.69) is 15.7 Å². The predicted octanol–water partition coefficient (Wildman–Crippen LogP) is 3.14. The average Bonchev–Trinajstić information content (AvgIpc) is 2.88. The van der Waals surface area contributed by atoms with Gasteiger partial charge in [0.2, 0.25) is 0 Å². The van der Waals surface area contributed by atoms with Gasteiger partial charge in [-0.25, -0.2) is 4.98 Å². The number of methoxy groups -OCH3 is 1. The standard InChI is InChI=1S/C13H15ClN2OS/c1-17-13-3-2-11(14)6-10(13)7-15-5-4-12-8-18-9-16-12/h2-3,6,8-9,15H,4-5,7H2,1H3. The second kappa shape index (κ2) is 6.73. The number of halogens is 1. The first-order valence-electron chi connectivity index (χ1n) is 5.70. The Kier molecular flexibility index (Phi) is 4.99. The topological polar surface area (TPSA) is 34.1 Å². The minimum atomic E-state index is 0.729. The Bertz CT molecular complexity index is 488. The molecule has 18 heavy (non-hydrogen) atoms. The maximum Gasteiger partial charge on any atom is 0.123 e. The molecular weight excluding hydrogens is 268 g/mol. The zero-order chi connectivity index (χ0) is 12.8. The summed E-state index contributed by atoms with van der Waals surface area (Å²) < 4.78 is 5.29. The molecule has 0 unspecified atom stereocenters. The highest BCUT2D eigenvalue weighted by atomic mass is 35.5. The van der Waals surface area contributed by atoms with E-state index in [4.69, 9.17) is 16.3 Å². The maximum absolute atomic E-state index is 5.98. The van der Waals surface area contributed by atoms with Crippen molar-refractivity contribution in [2.75, 3.05) is 13.7 Å². The number of benzene rings is 1. The lowest BCUT2D eigenvalue weighted by Gasteiger charge is -2.09. The van der Waals surface area contributed by atoms with Gasteiger partial charge in [-0.1, -0.05) is 11.6 Å². The molecule has 5 heteroatoms. The van der Waals surface area contributed by atoms with Crippen LogP contribution in [0.5, 0.6) is 5.75 Å². The van der Waals surface area contributed by atoms with Gasteiger partial charge in [-0.15, -0.1) is 11.3 Å². The summed E-state index contributed by atoms with van der Waals surface area (Å²) in [6.45, 7) is 1.63. The van der Waals surface area contributed by atoms with E-state index >= 15 is 0 Å². The molecule has 1 N–H and O–H groups in total. The van der Waals surface area contributed by atoms with Crippen LogP contribution in [0.4, 0.5) is 0 Å². The highest BCUT2D eigenvalue weighted by Gasteiger charge is 2.03. The minimum Gasteiger partial charge on any atom is -0.496 e. The van der Waals surface area contributed by atoms with Crippen molar-refractivity contribution in [1.29, 1.82) is 0 Å². The molecule has 0 saturated heterocycles. The first-order chi connectivity index (χ1) is 8.79. The van der Waals surface area contributed by atoms with Crippen molar-refractivity contribution in [2.24, 2.45) is 0 Å². The fourth-order valence-corrected chi connectivity index (χ4v) is 2.47. The van der Waals surface area contributed by atoms with Crippen LogP contribution in [0.1, 0.15) is 11.3 Å². The van der Waals surface area contributed by atoms with E-state index in [0.29, 0.717) is 0 Å². The molecule has 0 bridgehead atoms. The zero-order valence-corrected chi connectivity index (χ0v) is 11.7.